The van der Waals surface area contributed by atoms with Crippen LogP contribution in [0, 0.1) is 24.0 Å². The van der Waals surface area contributed by atoms with Crippen molar-refractivity contribution in [2.75, 3.05) is 20.3 Å². The van der Waals surface area contributed by atoms with Gasteiger partial charge >= 0.3 is 0 Å². The number of likely N-dealkylation sites (tertiary alicyclic amines) is 1. The number of aliphatic hydroxyl groups is 1. The largest absolute Gasteiger partial charge is 0.507 e. The van der Waals surface area contributed by atoms with Gasteiger partial charge in [-0.3, -0.25) is 19.7 Å². The molecule has 156 valence electrons. The second-order valence-electron chi connectivity index (χ2n) is 7.15. The third-order valence-corrected chi connectivity index (χ3v) is 5.14. The number of nitro groups is 1. The fourth-order valence-electron chi connectivity index (χ4n) is 3.56. The highest BCUT2D eigenvalue weighted by atomic mass is 16.6. The number of ether oxygens (including phenoxy) is 1. The smallest absolute Gasteiger partial charge is 0.295 e. The number of rotatable bonds is 6. The Morgan fingerprint density at radius 2 is 1.83 bits per heavy atom. The van der Waals surface area contributed by atoms with Crippen LogP contribution in [0.4, 0.5) is 5.69 Å². The summed E-state index contributed by atoms with van der Waals surface area (Å²) in [7, 11) is 1.48. The van der Waals surface area contributed by atoms with E-state index < -0.39 is 22.7 Å². The van der Waals surface area contributed by atoms with E-state index in [-0.39, 0.29) is 30.2 Å². The van der Waals surface area contributed by atoms with E-state index in [4.69, 9.17) is 4.74 Å². The van der Waals surface area contributed by atoms with Crippen molar-refractivity contribution in [2.45, 2.75) is 19.9 Å². The number of non-ortho nitro benzene ring substituents is 1. The maximum Gasteiger partial charge on any atom is 0.295 e. The van der Waals surface area contributed by atoms with E-state index in [1.54, 1.807) is 13.0 Å². The Morgan fingerprint density at radius 1 is 1.17 bits per heavy atom. The predicted octanol–water partition coefficient (Wildman–Crippen LogP) is 3.28. The molecule has 1 amide bonds. The molecule has 0 spiro atoms. The first-order chi connectivity index (χ1) is 14.3. The number of ketones is 1. The molecule has 0 bridgehead atoms. The number of carbonyl (C=O) groups is 2. The lowest BCUT2D eigenvalue weighted by molar-refractivity contribution is -0.384. The molecule has 8 nitrogen and oxygen atoms in total. The quantitative estimate of drug-likeness (QED) is 0.257. The van der Waals surface area contributed by atoms with Gasteiger partial charge in [-0.15, -0.1) is 0 Å². The normalized spacial score (nSPS) is 18.1. The first-order valence-electron chi connectivity index (χ1n) is 9.35. The maximum absolute atomic E-state index is 12.9. The molecule has 1 N–H and O–H groups in total. The van der Waals surface area contributed by atoms with Gasteiger partial charge in [0.25, 0.3) is 17.4 Å². The van der Waals surface area contributed by atoms with Crippen molar-refractivity contribution in [3.05, 3.63) is 80.4 Å². The number of nitrogens with zero attached hydrogens (tertiary/aromatic N) is 2. The Labute approximate surface area is 173 Å². The maximum atomic E-state index is 12.9. The summed E-state index contributed by atoms with van der Waals surface area (Å²) in [4.78, 5) is 37.4. The highest BCUT2D eigenvalue weighted by molar-refractivity contribution is 6.46. The second kappa shape index (κ2) is 8.46. The summed E-state index contributed by atoms with van der Waals surface area (Å²) in [6.07, 6.45) is 0. The molecule has 0 unspecified atom stereocenters. The molecule has 2 aromatic rings. The van der Waals surface area contributed by atoms with Crippen molar-refractivity contribution >= 4 is 23.1 Å². The fraction of sp³-hybridized carbons (Fsp3) is 0.273. The van der Waals surface area contributed by atoms with Gasteiger partial charge in [-0.2, -0.15) is 0 Å². The summed E-state index contributed by atoms with van der Waals surface area (Å²) in [6.45, 7) is 3.99. The number of aliphatic hydroxyl groups excluding tert-OH is 1. The molecule has 1 aliphatic heterocycles. The van der Waals surface area contributed by atoms with Gasteiger partial charge in [0.1, 0.15) is 5.76 Å². The van der Waals surface area contributed by atoms with Gasteiger partial charge in [0.15, 0.2) is 0 Å². The first-order valence-corrected chi connectivity index (χ1v) is 9.35. The molecule has 1 heterocycles. The fourth-order valence-corrected chi connectivity index (χ4v) is 3.56. The lowest BCUT2D eigenvalue weighted by Gasteiger charge is -2.25. The van der Waals surface area contributed by atoms with Gasteiger partial charge in [0.2, 0.25) is 0 Å². The lowest BCUT2D eigenvalue weighted by Crippen LogP contribution is -2.32. The monoisotopic (exact) mass is 410 g/mol. The number of carbonyl (C=O) groups excluding carboxylic acids is 2. The molecule has 0 saturated carbocycles. The molecule has 1 aliphatic rings. The molecule has 8 heteroatoms. The molecule has 0 radical (unpaired) electrons. The van der Waals surface area contributed by atoms with Crippen LogP contribution in [0.1, 0.15) is 28.3 Å². The van der Waals surface area contributed by atoms with Crippen molar-refractivity contribution in [3.8, 4) is 0 Å². The number of hydrogen-bond acceptors (Lipinski definition) is 6. The summed E-state index contributed by atoms with van der Waals surface area (Å²) in [5.41, 5.74) is 2.45. The average Bonchev–Trinajstić information content (AvgIpc) is 2.98. The van der Waals surface area contributed by atoms with Crippen LogP contribution in [-0.2, 0) is 14.3 Å². The highest BCUT2D eigenvalue weighted by Gasteiger charge is 2.46. The molecule has 30 heavy (non-hydrogen) atoms. The zero-order chi connectivity index (χ0) is 22.0. The van der Waals surface area contributed by atoms with E-state index in [9.17, 15) is 24.8 Å². The SMILES string of the molecule is COCCN1C(=O)C(=O)C(=C(O)c2cc(C)ccc2C)[C@H]1c1ccc([N+](=O)[O-])cc1. The van der Waals surface area contributed by atoms with Crippen molar-refractivity contribution in [2.24, 2.45) is 0 Å². The number of amides is 1. The minimum atomic E-state index is -0.874. The zero-order valence-electron chi connectivity index (χ0n) is 16.9. The molecule has 1 fully saturated rings. The standard InChI is InChI=1S/C22H22N2O6/c1-13-4-5-14(2)17(12-13)20(25)18-19(15-6-8-16(9-7-15)24(28)29)23(10-11-30-3)22(27)21(18)26/h4-9,12,19,25H,10-11H2,1-3H3/t19-/m1/s1. The van der Waals surface area contributed by atoms with E-state index >= 15 is 0 Å². The van der Waals surface area contributed by atoms with Crippen LogP contribution in [0.2, 0.25) is 0 Å². The second-order valence-corrected chi connectivity index (χ2v) is 7.15. The van der Waals surface area contributed by atoms with Crippen molar-refractivity contribution in [1.82, 2.24) is 4.90 Å². The van der Waals surface area contributed by atoms with Crippen molar-refractivity contribution in [1.29, 1.82) is 0 Å². The number of hydrogen-bond donors (Lipinski definition) is 1. The number of methoxy groups -OCH3 is 1. The van der Waals surface area contributed by atoms with Crippen LogP contribution in [-0.4, -0.2) is 46.9 Å². The minimum absolute atomic E-state index is 0.0429. The van der Waals surface area contributed by atoms with Crippen LogP contribution in [0.15, 0.2) is 48.0 Å². The molecule has 0 aliphatic carbocycles. The van der Waals surface area contributed by atoms with E-state index in [0.29, 0.717) is 11.1 Å². The Morgan fingerprint density at radius 3 is 2.43 bits per heavy atom. The topological polar surface area (TPSA) is 110 Å². The zero-order valence-corrected chi connectivity index (χ0v) is 16.9. The van der Waals surface area contributed by atoms with Crippen LogP contribution >= 0.6 is 0 Å². The first kappa shape index (κ1) is 21.2. The van der Waals surface area contributed by atoms with Gasteiger partial charge in [-0.25, -0.2) is 0 Å². The van der Waals surface area contributed by atoms with E-state index in [0.717, 1.165) is 11.1 Å². The Hall–Kier alpha value is -3.52. The van der Waals surface area contributed by atoms with Crippen LogP contribution in [0.3, 0.4) is 0 Å². The summed E-state index contributed by atoms with van der Waals surface area (Å²) < 4.78 is 5.06. The summed E-state index contributed by atoms with van der Waals surface area (Å²) in [6, 6.07) is 10.2. The van der Waals surface area contributed by atoms with E-state index in [2.05, 4.69) is 0 Å². The van der Waals surface area contributed by atoms with Gasteiger partial charge in [0, 0.05) is 31.4 Å². The van der Waals surface area contributed by atoms with E-state index in [1.807, 2.05) is 19.1 Å². The molecule has 0 aromatic heterocycles. The third-order valence-electron chi connectivity index (χ3n) is 5.14. The Bertz CT molecular complexity index is 1040. The number of nitro benzene ring substituents is 1. The third kappa shape index (κ3) is 3.81. The number of benzene rings is 2. The molecule has 2 aromatic carbocycles. The van der Waals surface area contributed by atoms with Gasteiger partial charge < -0.3 is 14.7 Å². The van der Waals surface area contributed by atoms with Gasteiger partial charge in [0.05, 0.1) is 23.1 Å². The van der Waals surface area contributed by atoms with Crippen molar-refractivity contribution in [3.63, 3.8) is 0 Å². The van der Waals surface area contributed by atoms with Crippen LogP contribution in [0.25, 0.3) is 5.76 Å². The van der Waals surface area contributed by atoms with Crippen molar-refractivity contribution < 1.29 is 24.4 Å². The van der Waals surface area contributed by atoms with E-state index in [1.165, 1.54) is 36.3 Å². The Balaban J connectivity index is 2.19. The predicted molar refractivity (Wildman–Crippen MR) is 110 cm³/mol. The Kier molecular flexibility index (Phi) is 5.98. The molecule has 3 rings (SSSR count). The molecular formula is C22H22N2O6. The summed E-state index contributed by atoms with van der Waals surface area (Å²) >= 11 is 0. The summed E-state index contributed by atoms with van der Waals surface area (Å²) in [5.74, 6) is -1.81. The molecular weight excluding hydrogens is 388 g/mol. The number of Topliss-reactive ketones (excluding diaryl/α,β-unsaturated/α-hetero) is 1. The molecule has 1 atom stereocenters. The number of aryl methyl sites for hydroxylation is 2. The van der Waals surface area contributed by atoms with Crippen LogP contribution in [0.5, 0.6) is 0 Å². The van der Waals surface area contributed by atoms with Crippen LogP contribution < -0.4 is 0 Å². The van der Waals surface area contributed by atoms with Gasteiger partial charge in [-0.05, 0) is 43.2 Å². The minimum Gasteiger partial charge on any atom is -0.507 e. The lowest BCUT2D eigenvalue weighted by atomic mass is 9.93. The highest BCUT2D eigenvalue weighted by Crippen LogP contribution is 2.40. The molecule has 1 saturated heterocycles. The average molecular weight is 410 g/mol. The van der Waals surface area contributed by atoms with Gasteiger partial charge in [-0.1, -0.05) is 17.7 Å². The summed E-state index contributed by atoms with van der Waals surface area (Å²) in [5, 5.41) is 22.1.